The number of Topliss-reactive ketones (excluding diaryl/α,β-unsaturated/α-hetero) is 1. The van der Waals surface area contributed by atoms with Crippen LogP contribution in [0.15, 0.2) is 29.1 Å². The van der Waals surface area contributed by atoms with E-state index in [0.29, 0.717) is 30.2 Å². The van der Waals surface area contributed by atoms with Gasteiger partial charge in [-0.05, 0) is 30.7 Å². The molecule has 1 aliphatic rings. The Morgan fingerprint density at radius 1 is 1.26 bits per heavy atom. The molecule has 1 aliphatic heterocycles. The lowest BCUT2D eigenvalue weighted by Gasteiger charge is -2.35. The number of hydrogen-bond acceptors (Lipinski definition) is 10. The topological polar surface area (TPSA) is 203 Å². The number of likely N-dealkylation sites (N-methyl/N-ethyl adjacent to an activating group) is 1. The Hall–Kier alpha value is -4.13. The minimum Gasteiger partial charge on any atom is -0.481 e. The second kappa shape index (κ2) is 10.7. The van der Waals surface area contributed by atoms with Crippen molar-refractivity contribution in [2.45, 2.75) is 24.9 Å². The number of aromatic amines is 1. The maximum atomic E-state index is 12.4. The van der Waals surface area contributed by atoms with Crippen molar-refractivity contribution >= 4 is 40.9 Å². The highest BCUT2D eigenvalue weighted by molar-refractivity contribution is 5.98. The summed E-state index contributed by atoms with van der Waals surface area (Å²) < 4.78 is 0. The number of carbonyl (C=O) groups excluding carboxylic acids is 1. The predicted molar refractivity (Wildman–Crippen MR) is 126 cm³/mol. The molecular weight excluding hydrogens is 446 g/mol. The van der Waals surface area contributed by atoms with Gasteiger partial charge >= 0.3 is 11.9 Å². The first-order valence-corrected chi connectivity index (χ1v) is 10.6. The molecule has 2 aromatic rings. The average molecular weight is 473 g/mol. The zero-order valence-electron chi connectivity index (χ0n) is 18.5. The summed E-state index contributed by atoms with van der Waals surface area (Å²) in [5.74, 6) is -2.14. The molecular formula is C21H27N7O6. The first-order valence-electron chi connectivity index (χ1n) is 10.6. The molecule has 1 aromatic heterocycles. The molecule has 3 rings (SSSR count). The third kappa shape index (κ3) is 6.01. The first kappa shape index (κ1) is 24.5. The number of nitrogens with two attached hydrogens (primary N) is 1. The van der Waals surface area contributed by atoms with Gasteiger partial charge in [-0.2, -0.15) is 4.98 Å². The summed E-state index contributed by atoms with van der Waals surface area (Å²) in [7, 11) is 1.80. The molecule has 8 N–H and O–H groups in total. The number of rotatable bonds is 11. The second-order valence-electron chi connectivity index (χ2n) is 7.88. The first-order chi connectivity index (χ1) is 16.2. The Balaban J connectivity index is 1.53. The smallest absolute Gasteiger partial charge is 0.320 e. The molecule has 182 valence electrons. The van der Waals surface area contributed by atoms with E-state index in [-0.39, 0.29) is 42.7 Å². The van der Waals surface area contributed by atoms with E-state index in [0.717, 1.165) is 5.69 Å². The van der Waals surface area contributed by atoms with Crippen molar-refractivity contribution in [2.24, 2.45) is 0 Å². The number of fused-ring (bicyclic) bond motifs is 1. The van der Waals surface area contributed by atoms with E-state index in [2.05, 4.69) is 25.9 Å². The van der Waals surface area contributed by atoms with Crippen molar-refractivity contribution in [1.82, 2.24) is 15.3 Å². The number of ketones is 1. The van der Waals surface area contributed by atoms with Gasteiger partial charge in [0.1, 0.15) is 11.7 Å². The minimum absolute atomic E-state index is 0.0461. The summed E-state index contributed by atoms with van der Waals surface area (Å²) >= 11 is 0. The fourth-order valence-corrected chi connectivity index (χ4v) is 3.59. The summed E-state index contributed by atoms with van der Waals surface area (Å²) in [6.45, 7) is 0.821. The third-order valence-electron chi connectivity index (χ3n) is 5.52. The van der Waals surface area contributed by atoms with Crippen LogP contribution in [0.25, 0.3) is 0 Å². The summed E-state index contributed by atoms with van der Waals surface area (Å²) in [6, 6.07) is 5.52. The molecule has 0 aliphatic carbocycles. The Morgan fingerprint density at radius 3 is 2.62 bits per heavy atom. The fourth-order valence-electron chi connectivity index (χ4n) is 3.59. The molecule has 0 saturated carbocycles. The van der Waals surface area contributed by atoms with Gasteiger partial charge in [-0.25, -0.2) is 0 Å². The number of anilines is 4. The normalized spacial score (nSPS) is 15.7. The Kier molecular flexibility index (Phi) is 7.68. The highest BCUT2D eigenvalue weighted by Crippen LogP contribution is 2.25. The summed E-state index contributed by atoms with van der Waals surface area (Å²) in [4.78, 5) is 54.9. The standard InChI is InChI=1S/C21H27N7O6/c1-28-13(9-25-18-17(28)19(32)27-21(22)26-18)8-23-12-4-2-11(3-5-12)15(29)10-24-14(20(33)34)6-7-16(30)31/h2-5,13-14,23-24H,6-10H2,1H3,(H,30,31)(H,33,34)(H4,22,25,26,27,32)/t13-,14?/m0/s1. The summed E-state index contributed by atoms with van der Waals surface area (Å²) in [5, 5.41) is 26.8. The van der Waals surface area contributed by atoms with Crippen molar-refractivity contribution in [3.8, 4) is 0 Å². The number of nitrogen functional groups attached to an aromatic ring is 1. The van der Waals surface area contributed by atoms with E-state index in [9.17, 15) is 19.2 Å². The largest absolute Gasteiger partial charge is 0.481 e. The van der Waals surface area contributed by atoms with Crippen LogP contribution < -0.4 is 32.1 Å². The molecule has 0 amide bonds. The van der Waals surface area contributed by atoms with Crippen LogP contribution in [0.3, 0.4) is 0 Å². The number of H-pyrrole nitrogens is 1. The third-order valence-corrected chi connectivity index (χ3v) is 5.52. The van der Waals surface area contributed by atoms with Crippen LogP contribution in [0.1, 0.15) is 23.2 Å². The van der Waals surface area contributed by atoms with Crippen LogP contribution in [-0.2, 0) is 9.59 Å². The number of nitrogens with zero attached hydrogens (tertiary/aromatic N) is 2. The average Bonchev–Trinajstić information content (AvgIpc) is 2.78. The van der Waals surface area contributed by atoms with Gasteiger partial charge in [-0.15, -0.1) is 0 Å². The highest BCUT2D eigenvalue weighted by Gasteiger charge is 2.27. The highest BCUT2D eigenvalue weighted by atomic mass is 16.4. The fraction of sp³-hybridized carbons (Fsp3) is 0.381. The van der Waals surface area contributed by atoms with Crippen LogP contribution in [0.2, 0.25) is 0 Å². The number of aliphatic carboxylic acids is 2. The molecule has 13 nitrogen and oxygen atoms in total. The zero-order valence-corrected chi connectivity index (χ0v) is 18.5. The van der Waals surface area contributed by atoms with Crippen molar-refractivity contribution < 1.29 is 24.6 Å². The molecule has 34 heavy (non-hydrogen) atoms. The van der Waals surface area contributed by atoms with Gasteiger partial charge in [0.25, 0.3) is 5.56 Å². The van der Waals surface area contributed by atoms with Crippen LogP contribution in [0, 0.1) is 0 Å². The molecule has 0 bridgehead atoms. The maximum Gasteiger partial charge on any atom is 0.320 e. The van der Waals surface area contributed by atoms with Crippen LogP contribution in [0.5, 0.6) is 0 Å². The molecule has 1 unspecified atom stereocenters. The summed E-state index contributed by atoms with van der Waals surface area (Å²) in [6.07, 6.45) is -0.431. The second-order valence-corrected chi connectivity index (χ2v) is 7.88. The van der Waals surface area contributed by atoms with E-state index >= 15 is 0 Å². The minimum atomic E-state index is -1.21. The van der Waals surface area contributed by atoms with Gasteiger partial charge in [0, 0.05) is 37.8 Å². The van der Waals surface area contributed by atoms with Gasteiger partial charge in [0.05, 0.1) is 12.6 Å². The van der Waals surface area contributed by atoms with Gasteiger partial charge in [-0.1, -0.05) is 0 Å². The summed E-state index contributed by atoms with van der Waals surface area (Å²) in [5.41, 5.74) is 6.82. The van der Waals surface area contributed by atoms with Crippen molar-refractivity contribution in [3.05, 3.63) is 40.2 Å². The van der Waals surface area contributed by atoms with Gasteiger partial charge < -0.3 is 31.5 Å². The Morgan fingerprint density at radius 2 is 1.97 bits per heavy atom. The molecule has 0 spiro atoms. The molecule has 0 radical (unpaired) electrons. The van der Waals surface area contributed by atoms with E-state index in [1.54, 1.807) is 31.3 Å². The molecule has 2 atom stereocenters. The van der Waals surface area contributed by atoms with Crippen LogP contribution >= 0.6 is 0 Å². The Labute approximate surface area is 194 Å². The molecule has 1 aromatic carbocycles. The van der Waals surface area contributed by atoms with Gasteiger partial charge in [0.2, 0.25) is 5.95 Å². The number of aromatic nitrogens is 2. The zero-order chi connectivity index (χ0) is 24.8. The quantitative estimate of drug-likeness (QED) is 0.212. The molecule has 2 heterocycles. The van der Waals surface area contributed by atoms with Gasteiger partial charge in [0.15, 0.2) is 11.6 Å². The molecule has 0 saturated heterocycles. The lowest BCUT2D eigenvalue weighted by molar-refractivity contribution is -0.140. The van der Waals surface area contributed by atoms with E-state index < -0.39 is 18.0 Å². The molecule has 0 fully saturated rings. The van der Waals surface area contributed by atoms with Crippen LogP contribution in [-0.4, -0.2) is 76.7 Å². The lowest BCUT2D eigenvalue weighted by Crippen LogP contribution is -2.48. The van der Waals surface area contributed by atoms with E-state index in [1.807, 2.05) is 4.90 Å². The Bertz CT molecular complexity index is 1120. The predicted octanol–water partition coefficient (Wildman–Crippen LogP) is -0.215. The monoisotopic (exact) mass is 473 g/mol. The van der Waals surface area contributed by atoms with Gasteiger partial charge in [-0.3, -0.25) is 29.5 Å². The van der Waals surface area contributed by atoms with E-state index in [1.165, 1.54) is 0 Å². The van der Waals surface area contributed by atoms with Crippen LogP contribution in [0.4, 0.5) is 23.1 Å². The van der Waals surface area contributed by atoms with Crippen molar-refractivity contribution in [3.63, 3.8) is 0 Å². The maximum absolute atomic E-state index is 12.4. The SMILES string of the molecule is CN1c2c(nc(N)[nH]c2=O)NC[C@@H]1CNc1ccc(C(=O)CNC(CCC(=O)O)C(=O)O)cc1. The number of benzene rings is 1. The number of carbonyl (C=O) groups is 3. The van der Waals surface area contributed by atoms with Crippen molar-refractivity contribution in [2.75, 3.05) is 47.9 Å². The lowest BCUT2D eigenvalue weighted by atomic mass is 10.1. The van der Waals surface area contributed by atoms with Crippen molar-refractivity contribution in [1.29, 1.82) is 0 Å². The molecule has 13 heteroatoms. The number of carboxylic acids is 2. The number of nitrogens with one attached hydrogen (secondary N) is 4. The number of hydrogen-bond donors (Lipinski definition) is 7. The van der Waals surface area contributed by atoms with E-state index in [4.69, 9.17) is 15.9 Å². The number of carboxylic acid groups (broad SMARTS) is 2.